The van der Waals surface area contributed by atoms with Gasteiger partial charge >= 0.3 is 5.97 Å². The quantitative estimate of drug-likeness (QED) is 0.807. The van der Waals surface area contributed by atoms with Crippen LogP contribution in [0.3, 0.4) is 0 Å². The summed E-state index contributed by atoms with van der Waals surface area (Å²) in [7, 11) is 1.25. The fourth-order valence-corrected chi connectivity index (χ4v) is 3.83. The van der Waals surface area contributed by atoms with Gasteiger partial charge in [-0.1, -0.05) is 23.9 Å². The van der Waals surface area contributed by atoms with Crippen LogP contribution in [-0.4, -0.2) is 35.9 Å². The molecule has 0 aliphatic heterocycles. The summed E-state index contributed by atoms with van der Waals surface area (Å²) in [6.07, 6.45) is 0. The Kier molecular flexibility index (Phi) is 6.17. The zero-order valence-corrected chi connectivity index (χ0v) is 14.1. The second kappa shape index (κ2) is 8.11. The van der Waals surface area contributed by atoms with E-state index < -0.39 is 12.0 Å². The van der Waals surface area contributed by atoms with Gasteiger partial charge in [-0.05, 0) is 22.9 Å². The second-order valence-corrected chi connectivity index (χ2v) is 6.99. The molecule has 1 atom stereocenters. The number of rotatable bonds is 6. The molecule has 0 saturated carbocycles. The molecule has 0 fully saturated rings. The van der Waals surface area contributed by atoms with Gasteiger partial charge < -0.3 is 10.1 Å². The highest BCUT2D eigenvalue weighted by molar-refractivity contribution is 8.14. The number of carbonyl (C=O) groups excluding carboxylic acids is 3. The van der Waals surface area contributed by atoms with E-state index in [4.69, 9.17) is 0 Å². The minimum atomic E-state index is -0.867. The monoisotopic (exact) mass is 355 g/mol. The number of nitrogens with one attached hydrogen (secondary N) is 1. The van der Waals surface area contributed by atoms with Crippen molar-refractivity contribution < 1.29 is 19.1 Å². The topological polar surface area (TPSA) is 72.5 Å². The smallest absolute Gasteiger partial charge is 0.329 e. The SMILES string of the molecule is COC(=O)[C@H](CSC(=O)c1cccs1)NC(=O)c1cccs1. The summed E-state index contributed by atoms with van der Waals surface area (Å²) in [6.45, 7) is 0. The zero-order valence-electron chi connectivity index (χ0n) is 11.6. The van der Waals surface area contributed by atoms with Crippen LogP contribution in [0.1, 0.15) is 19.3 Å². The maximum Gasteiger partial charge on any atom is 0.329 e. The predicted molar refractivity (Wildman–Crippen MR) is 88.7 cm³/mol. The number of hydrogen-bond acceptors (Lipinski definition) is 7. The molecular formula is C14H13NO4S3. The molecule has 116 valence electrons. The molecule has 2 aromatic rings. The number of amides is 1. The Morgan fingerprint density at radius 3 is 2.36 bits per heavy atom. The van der Waals surface area contributed by atoms with Gasteiger partial charge in [0.1, 0.15) is 6.04 Å². The van der Waals surface area contributed by atoms with Crippen LogP contribution in [0, 0.1) is 0 Å². The van der Waals surface area contributed by atoms with Gasteiger partial charge in [0.25, 0.3) is 5.91 Å². The molecule has 0 aromatic carbocycles. The number of methoxy groups -OCH3 is 1. The minimum absolute atomic E-state index is 0.126. The van der Waals surface area contributed by atoms with E-state index >= 15 is 0 Å². The normalized spacial score (nSPS) is 11.7. The maximum atomic E-state index is 12.0. The molecule has 5 nitrogen and oxygen atoms in total. The van der Waals surface area contributed by atoms with E-state index in [1.807, 2.05) is 5.38 Å². The highest BCUT2D eigenvalue weighted by Gasteiger charge is 2.24. The lowest BCUT2D eigenvalue weighted by atomic mass is 10.3. The van der Waals surface area contributed by atoms with Gasteiger partial charge in [0.2, 0.25) is 5.12 Å². The molecule has 1 amide bonds. The molecule has 0 spiro atoms. The lowest BCUT2D eigenvalue weighted by molar-refractivity contribution is -0.142. The first-order valence-corrected chi connectivity index (χ1v) is 8.99. The van der Waals surface area contributed by atoms with Crippen molar-refractivity contribution in [1.29, 1.82) is 0 Å². The van der Waals surface area contributed by atoms with Gasteiger partial charge in [0.15, 0.2) is 0 Å². The Labute approximate surface area is 139 Å². The molecule has 8 heteroatoms. The van der Waals surface area contributed by atoms with Crippen molar-refractivity contribution in [3.8, 4) is 0 Å². The van der Waals surface area contributed by atoms with Gasteiger partial charge in [-0.2, -0.15) is 0 Å². The van der Waals surface area contributed by atoms with Crippen LogP contribution < -0.4 is 5.32 Å². The molecule has 1 N–H and O–H groups in total. The first kappa shape index (κ1) is 16.7. The minimum Gasteiger partial charge on any atom is -0.467 e. The van der Waals surface area contributed by atoms with Gasteiger partial charge in [-0.25, -0.2) is 4.79 Å². The Morgan fingerprint density at radius 2 is 1.82 bits per heavy atom. The molecule has 0 saturated heterocycles. The first-order valence-electron chi connectivity index (χ1n) is 6.24. The van der Waals surface area contributed by atoms with E-state index in [1.165, 1.54) is 29.8 Å². The Balaban J connectivity index is 1.96. The van der Waals surface area contributed by atoms with Crippen molar-refractivity contribution in [2.75, 3.05) is 12.9 Å². The highest BCUT2D eigenvalue weighted by Crippen LogP contribution is 2.18. The van der Waals surface area contributed by atoms with Crippen molar-refractivity contribution in [2.24, 2.45) is 0 Å². The third-order valence-corrected chi connectivity index (χ3v) is 5.49. The van der Waals surface area contributed by atoms with E-state index in [1.54, 1.807) is 29.6 Å². The van der Waals surface area contributed by atoms with Crippen molar-refractivity contribution in [2.45, 2.75) is 6.04 Å². The average molecular weight is 355 g/mol. The number of ether oxygens (including phenoxy) is 1. The number of hydrogen-bond donors (Lipinski definition) is 1. The number of thioether (sulfide) groups is 1. The predicted octanol–water partition coefficient (Wildman–Crippen LogP) is 2.65. The lowest BCUT2D eigenvalue weighted by Crippen LogP contribution is -2.43. The van der Waals surface area contributed by atoms with Crippen LogP contribution in [0.4, 0.5) is 0 Å². The van der Waals surface area contributed by atoms with E-state index in [2.05, 4.69) is 10.1 Å². The van der Waals surface area contributed by atoms with Gasteiger partial charge in [0, 0.05) is 5.75 Å². The number of esters is 1. The molecule has 2 heterocycles. The summed E-state index contributed by atoms with van der Waals surface area (Å²) in [6, 6.07) is 6.06. The fourth-order valence-electron chi connectivity index (χ4n) is 1.57. The highest BCUT2D eigenvalue weighted by atomic mass is 32.2. The van der Waals surface area contributed by atoms with Crippen LogP contribution in [0.15, 0.2) is 35.0 Å². The fraction of sp³-hybridized carbons (Fsp3) is 0.214. The van der Waals surface area contributed by atoms with Crippen molar-refractivity contribution >= 4 is 51.4 Å². The van der Waals surface area contributed by atoms with Crippen molar-refractivity contribution in [3.05, 3.63) is 44.8 Å². The standard InChI is InChI=1S/C14H13NO4S3/c1-19-13(17)9(15-12(16)10-4-2-6-20-10)8-22-14(18)11-5-3-7-21-11/h2-7,9H,8H2,1H3,(H,15,16)/t9-/m0/s1. The van der Waals surface area contributed by atoms with Crippen LogP contribution in [0.25, 0.3) is 0 Å². The zero-order chi connectivity index (χ0) is 15.9. The largest absolute Gasteiger partial charge is 0.467 e. The molecule has 22 heavy (non-hydrogen) atoms. The van der Waals surface area contributed by atoms with Crippen molar-refractivity contribution in [1.82, 2.24) is 5.32 Å². The average Bonchev–Trinajstić information content (AvgIpc) is 3.22. The molecule has 2 aromatic heterocycles. The van der Waals surface area contributed by atoms with E-state index in [0.717, 1.165) is 11.8 Å². The van der Waals surface area contributed by atoms with Crippen molar-refractivity contribution in [3.63, 3.8) is 0 Å². The third kappa shape index (κ3) is 4.43. The number of carbonyl (C=O) groups is 3. The summed E-state index contributed by atoms with van der Waals surface area (Å²) in [5.74, 6) is -0.800. The molecule has 0 bridgehead atoms. The molecule has 0 aliphatic carbocycles. The lowest BCUT2D eigenvalue weighted by Gasteiger charge is -2.15. The summed E-state index contributed by atoms with van der Waals surface area (Å²) >= 11 is 3.60. The van der Waals surface area contributed by atoms with Gasteiger partial charge in [-0.3, -0.25) is 9.59 Å². The van der Waals surface area contributed by atoms with E-state index in [9.17, 15) is 14.4 Å². The molecule has 0 radical (unpaired) electrons. The van der Waals surface area contributed by atoms with Crippen LogP contribution in [0.5, 0.6) is 0 Å². The molecule has 0 unspecified atom stereocenters. The Hall–Kier alpha value is -1.64. The Morgan fingerprint density at radius 1 is 1.18 bits per heavy atom. The van der Waals surface area contributed by atoms with Gasteiger partial charge in [0.05, 0.1) is 16.9 Å². The number of thiophene rings is 2. The Bertz CT molecular complexity index is 637. The molecule has 2 rings (SSSR count). The van der Waals surface area contributed by atoms with E-state index in [-0.39, 0.29) is 16.8 Å². The molecular weight excluding hydrogens is 342 g/mol. The maximum absolute atomic E-state index is 12.0. The van der Waals surface area contributed by atoms with Crippen LogP contribution >= 0.6 is 34.4 Å². The van der Waals surface area contributed by atoms with Crippen LogP contribution in [-0.2, 0) is 9.53 Å². The summed E-state index contributed by atoms with van der Waals surface area (Å²) in [4.78, 5) is 36.8. The third-order valence-electron chi connectivity index (χ3n) is 2.64. The van der Waals surface area contributed by atoms with E-state index in [0.29, 0.717) is 9.75 Å². The summed E-state index contributed by atoms with van der Waals surface area (Å²) in [5, 5.41) is 6.05. The summed E-state index contributed by atoms with van der Waals surface area (Å²) < 4.78 is 4.68. The second-order valence-electron chi connectivity index (χ2n) is 4.10. The van der Waals surface area contributed by atoms with Gasteiger partial charge in [-0.15, -0.1) is 22.7 Å². The molecule has 0 aliphatic rings. The first-order chi connectivity index (χ1) is 10.6. The summed E-state index contributed by atoms with van der Waals surface area (Å²) in [5.41, 5.74) is 0. The van der Waals surface area contributed by atoms with Crippen LogP contribution in [0.2, 0.25) is 0 Å².